The predicted molar refractivity (Wildman–Crippen MR) is 102 cm³/mol. The van der Waals surface area contributed by atoms with Crippen molar-refractivity contribution >= 4 is 59.2 Å². The second-order valence-corrected chi connectivity index (χ2v) is 7.72. The smallest absolute Gasteiger partial charge is 0.0634 e. The Labute approximate surface area is 151 Å². The number of halogens is 3. The molecule has 1 atom stereocenters. The summed E-state index contributed by atoms with van der Waals surface area (Å²) in [6.07, 6.45) is 0. The number of anilines is 2. The van der Waals surface area contributed by atoms with Crippen LogP contribution in [0.5, 0.6) is 0 Å². The highest BCUT2D eigenvalue weighted by atomic mass is 79.9. The zero-order valence-corrected chi connectivity index (χ0v) is 16.9. The lowest BCUT2D eigenvalue weighted by molar-refractivity contribution is 0.881. The van der Waals surface area contributed by atoms with Crippen LogP contribution >= 0.6 is 47.8 Å². The van der Waals surface area contributed by atoms with Gasteiger partial charge in [-0.1, -0.05) is 28.1 Å². The molecule has 0 bridgehead atoms. The second kappa shape index (κ2) is 7.16. The van der Waals surface area contributed by atoms with Crippen molar-refractivity contribution in [1.82, 2.24) is 0 Å². The Hall–Kier alpha value is -0.520. The van der Waals surface area contributed by atoms with E-state index in [0.717, 1.165) is 19.1 Å². The van der Waals surface area contributed by atoms with Gasteiger partial charge in [0.25, 0.3) is 0 Å². The molecule has 0 aromatic heterocycles. The normalized spacial score (nSPS) is 12.1. The van der Waals surface area contributed by atoms with Crippen molar-refractivity contribution in [2.24, 2.45) is 0 Å². The summed E-state index contributed by atoms with van der Waals surface area (Å²) >= 11 is 10.7. The summed E-state index contributed by atoms with van der Waals surface area (Å²) in [5.74, 6) is 0. The predicted octanol–water partition coefficient (Wildman–Crippen LogP) is 6.21. The van der Waals surface area contributed by atoms with E-state index in [0.29, 0.717) is 0 Å². The Kier molecular flexibility index (Phi) is 5.74. The van der Waals surface area contributed by atoms with Crippen molar-refractivity contribution in [1.29, 1.82) is 0 Å². The van der Waals surface area contributed by atoms with Crippen LogP contribution in [-0.2, 0) is 0 Å². The number of benzene rings is 2. The molecule has 0 saturated carbocycles. The molecule has 0 heterocycles. The van der Waals surface area contributed by atoms with E-state index in [-0.39, 0.29) is 6.04 Å². The van der Waals surface area contributed by atoms with E-state index < -0.39 is 0 Å². The van der Waals surface area contributed by atoms with Gasteiger partial charge in [0, 0.05) is 39.2 Å². The van der Waals surface area contributed by atoms with Crippen LogP contribution in [0.1, 0.15) is 18.5 Å². The van der Waals surface area contributed by atoms with Gasteiger partial charge in [0.2, 0.25) is 0 Å². The Morgan fingerprint density at radius 2 is 1.48 bits per heavy atom. The SMILES string of the molecule is CC(Nc1c(Br)cc(Br)cc1Br)c1ccc(N(C)C)cc1. The highest BCUT2D eigenvalue weighted by Gasteiger charge is 2.11. The molecule has 2 rings (SSSR count). The molecule has 0 aliphatic heterocycles. The van der Waals surface area contributed by atoms with Crippen LogP contribution < -0.4 is 10.2 Å². The second-order valence-electron chi connectivity index (χ2n) is 5.10. The zero-order chi connectivity index (χ0) is 15.6. The summed E-state index contributed by atoms with van der Waals surface area (Å²) in [6.45, 7) is 2.16. The Balaban J connectivity index is 2.20. The van der Waals surface area contributed by atoms with Crippen molar-refractivity contribution < 1.29 is 0 Å². The summed E-state index contributed by atoms with van der Waals surface area (Å²) in [4.78, 5) is 2.10. The molecule has 0 aliphatic carbocycles. The van der Waals surface area contributed by atoms with Gasteiger partial charge < -0.3 is 10.2 Å². The summed E-state index contributed by atoms with van der Waals surface area (Å²) in [6, 6.07) is 12.9. The molecular weight excluding hydrogens is 460 g/mol. The van der Waals surface area contributed by atoms with Crippen molar-refractivity contribution in [2.75, 3.05) is 24.3 Å². The number of hydrogen-bond donors (Lipinski definition) is 1. The van der Waals surface area contributed by atoms with Crippen molar-refractivity contribution in [3.8, 4) is 0 Å². The van der Waals surface area contributed by atoms with Gasteiger partial charge in [-0.25, -0.2) is 0 Å². The van der Waals surface area contributed by atoms with Gasteiger partial charge in [0.05, 0.1) is 5.69 Å². The van der Waals surface area contributed by atoms with Crippen molar-refractivity contribution in [2.45, 2.75) is 13.0 Å². The first kappa shape index (κ1) is 16.8. The minimum Gasteiger partial charge on any atom is -0.378 e. The van der Waals surface area contributed by atoms with Gasteiger partial charge in [-0.15, -0.1) is 0 Å². The topological polar surface area (TPSA) is 15.3 Å². The van der Waals surface area contributed by atoms with Gasteiger partial charge in [0.1, 0.15) is 0 Å². The minimum atomic E-state index is 0.218. The summed E-state index contributed by atoms with van der Waals surface area (Å²) < 4.78 is 3.09. The maximum Gasteiger partial charge on any atom is 0.0634 e. The molecule has 1 unspecified atom stereocenters. The van der Waals surface area contributed by atoms with Crippen molar-refractivity contribution in [3.63, 3.8) is 0 Å². The fourth-order valence-electron chi connectivity index (χ4n) is 2.04. The molecule has 0 fully saturated rings. The van der Waals surface area contributed by atoms with E-state index in [9.17, 15) is 0 Å². The number of rotatable bonds is 4. The Morgan fingerprint density at radius 1 is 0.952 bits per heavy atom. The van der Waals surface area contributed by atoms with Gasteiger partial charge in [-0.3, -0.25) is 0 Å². The molecule has 2 aromatic carbocycles. The van der Waals surface area contributed by atoms with Crippen LogP contribution in [0.4, 0.5) is 11.4 Å². The fourth-order valence-corrected chi connectivity index (χ4v) is 4.53. The summed E-state index contributed by atoms with van der Waals surface area (Å²) in [5.41, 5.74) is 3.52. The van der Waals surface area contributed by atoms with Crippen LogP contribution in [0.3, 0.4) is 0 Å². The Bertz CT molecular complexity index is 601. The summed E-state index contributed by atoms with van der Waals surface area (Å²) in [5, 5.41) is 3.54. The molecule has 0 saturated heterocycles. The van der Waals surface area contributed by atoms with Crippen LogP contribution in [0.25, 0.3) is 0 Å². The molecule has 0 aliphatic rings. The lowest BCUT2D eigenvalue weighted by Crippen LogP contribution is -2.10. The van der Waals surface area contributed by atoms with Gasteiger partial charge in [-0.2, -0.15) is 0 Å². The third-order valence-electron chi connectivity index (χ3n) is 3.28. The maximum atomic E-state index is 3.60. The van der Waals surface area contributed by atoms with Crippen LogP contribution in [0.15, 0.2) is 49.8 Å². The molecule has 21 heavy (non-hydrogen) atoms. The van der Waals surface area contributed by atoms with E-state index in [2.05, 4.69) is 89.2 Å². The average molecular weight is 477 g/mol. The third-order valence-corrected chi connectivity index (χ3v) is 4.99. The van der Waals surface area contributed by atoms with Gasteiger partial charge >= 0.3 is 0 Å². The average Bonchev–Trinajstić information content (AvgIpc) is 2.42. The molecule has 0 spiro atoms. The van der Waals surface area contributed by atoms with Gasteiger partial charge in [0.15, 0.2) is 0 Å². The zero-order valence-electron chi connectivity index (χ0n) is 12.1. The van der Waals surface area contributed by atoms with Crippen LogP contribution in [-0.4, -0.2) is 14.1 Å². The third kappa shape index (κ3) is 4.24. The number of nitrogens with one attached hydrogen (secondary N) is 1. The fraction of sp³-hybridized carbons (Fsp3) is 0.250. The van der Waals surface area contributed by atoms with E-state index in [4.69, 9.17) is 0 Å². The van der Waals surface area contributed by atoms with Crippen molar-refractivity contribution in [3.05, 3.63) is 55.4 Å². The molecule has 5 heteroatoms. The van der Waals surface area contributed by atoms with E-state index >= 15 is 0 Å². The maximum absolute atomic E-state index is 3.60. The minimum absolute atomic E-state index is 0.218. The first-order chi connectivity index (χ1) is 9.88. The van der Waals surface area contributed by atoms with Crippen LogP contribution in [0, 0.1) is 0 Å². The number of hydrogen-bond acceptors (Lipinski definition) is 2. The monoisotopic (exact) mass is 474 g/mol. The quantitative estimate of drug-likeness (QED) is 0.564. The largest absolute Gasteiger partial charge is 0.378 e. The lowest BCUT2D eigenvalue weighted by atomic mass is 10.1. The molecule has 0 radical (unpaired) electrons. The molecule has 2 nitrogen and oxygen atoms in total. The highest BCUT2D eigenvalue weighted by molar-refractivity contribution is 9.11. The molecule has 112 valence electrons. The van der Waals surface area contributed by atoms with Gasteiger partial charge in [-0.05, 0) is 68.6 Å². The molecule has 2 aromatic rings. The van der Waals surface area contributed by atoms with E-state index in [1.54, 1.807) is 0 Å². The van der Waals surface area contributed by atoms with E-state index in [1.807, 2.05) is 26.2 Å². The van der Waals surface area contributed by atoms with Crippen LogP contribution in [0.2, 0.25) is 0 Å². The highest BCUT2D eigenvalue weighted by Crippen LogP contribution is 2.36. The first-order valence-electron chi connectivity index (χ1n) is 6.57. The molecular formula is C16H17Br3N2. The molecule has 1 N–H and O–H groups in total. The lowest BCUT2D eigenvalue weighted by Gasteiger charge is -2.20. The number of nitrogens with zero attached hydrogens (tertiary/aromatic N) is 1. The Morgan fingerprint density at radius 3 is 1.95 bits per heavy atom. The molecule has 0 amide bonds. The first-order valence-corrected chi connectivity index (χ1v) is 8.94. The standard InChI is InChI=1S/C16H17Br3N2/c1-10(11-4-6-13(7-5-11)21(2)3)20-16-14(18)8-12(17)9-15(16)19/h4-10,20H,1-3H3. The van der Waals surface area contributed by atoms with E-state index in [1.165, 1.54) is 11.3 Å². The summed E-state index contributed by atoms with van der Waals surface area (Å²) in [7, 11) is 4.10.